The first-order valence-electron chi connectivity index (χ1n) is 5.96. The van der Waals surface area contributed by atoms with Crippen molar-refractivity contribution in [3.05, 3.63) is 62.8 Å². The summed E-state index contributed by atoms with van der Waals surface area (Å²) in [5.74, 6) is -2.01. The van der Waals surface area contributed by atoms with Gasteiger partial charge in [0.25, 0.3) is 5.91 Å². The number of rotatable bonds is 3. The Morgan fingerprint density at radius 2 is 2.00 bits per heavy atom. The molecule has 0 bridgehead atoms. The van der Waals surface area contributed by atoms with Crippen LogP contribution in [0.3, 0.4) is 0 Å². The minimum Gasteiger partial charge on any atom is -0.345 e. The molecule has 0 fully saturated rings. The van der Waals surface area contributed by atoms with Crippen molar-refractivity contribution in [1.29, 1.82) is 0 Å². The van der Waals surface area contributed by atoms with Gasteiger partial charge in [0, 0.05) is 16.2 Å². The van der Waals surface area contributed by atoms with Crippen LogP contribution in [0.2, 0.25) is 5.15 Å². The number of benzene rings is 1. The van der Waals surface area contributed by atoms with Crippen LogP contribution >= 0.6 is 27.5 Å². The van der Waals surface area contributed by atoms with Crippen LogP contribution in [0.15, 0.2) is 34.9 Å². The third kappa shape index (κ3) is 3.57. The molecule has 1 aromatic heterocycles. The van der Waals surface area contributed by atoms with Gasteiger partial charge in [-0.1, -0.05) is 17.7 Å². The molecular weight excluding hydrogens is 366 g/mol. The lowest BCUT2D eigenvalue weighted by molar-refractivity contribution is 0.0938. The van der Waals surface area contributed by atoms with Crippen molar-refractivity contribution in [2.24, 2.45) is 0 Å². The van der Waals surface area contributed by atoms with Gasteiger partial charge in [0.1, 0.15) is 16.8 Å². The van der Waals surface area contributed by atoms with E-state index in [9.17, 15) is 13.6 Å². The number of nitrogens with zero attached hydrogens (tertiary/aromatic N) is 1. The van der Waals surface area contributed by atoms with Gasteiger partial charge in [-0.3, -0.25) is 4.79 Å². The Kier molecular flexibility index (Phi) is 4.90. The quantitative estimate of drug-likeness (QED) is 0.814. The van der Waals surface area contributed by atoms with E-state index in [0.717, 1.165) is 12.1 Å². The maximum absolute atomic E-state index is 13.7. The molecule has 0 spiro atoms. The van der Waals surface area contributed by atoms with Crippen molar-refractivity contribution in [3.8, 4) is 0 Å². The molecule has 110 valence electrons. The highest BCUT2D eigenvalue weighted by atomic mass is 79.9. The summed E-state index contributed by atoms with van der Waals surface area (Å²) < 4.78 is 27.9. The summed E-state index contributed by atoms with van der Waals surface area (Å²) in [6.45, 7) is 1.48. The van der Waals surface area contributed by atoms with Crippen molar-refractivity contribution < 1.29 is 13.6 Å². The van der Waals surface area contributed by atoms with E-state index in [2.05, 4.69) is 26.2 Å². The van der Waals surface area contributed by atoms with Crippen LogP contribution < -0.4 is 5.32 Å². The Balaban J connectivity index is 2.25. The SMILES string of the molecule is CC(NC(=O)c1cc(Br)cnc1Cl)c1c(F)cccc1F. The van der Waals surface area contributed by atoms with Gasteiger partial charge in [0.2, 0.25) is 0 Å². The second kappa shape index (κ2) is 6.49. The average molecular weight is 376 g/mol. The normalized spacial score (nSPS) is 12.0. The lowest BCUT2D eigenvalue weighted by atomic mass is 10.1. The number of carbonyl (C=O) groups is 1. The second-order valence-electron chi connectivity index (χ2n) is 4.32. The topological polar surface area (TPSA) is 42.0 Å². The summed E-state index contributed by atoms with van der Waals surface area (Å²) in [4.78, 5) is 15.9. The number of carbonyl (C=O) groups excluding carboxylic acids is 1. The molecule has 1 atom stereocenters. The molecule has 0 saturated carbocycles. The van der Waals surface area contributed by atoms with E-state index >= 15 is 0 Å². The van der Waals surface area contributed by atoms with Gasteiger partial charge in [-0.15, -0.1) is 0 Å². The monoisotopic (exact) mass is 374 g/mol. The smallest absolute Gasteiger partial charge is 0.254 e. The van der Waals surface area contributed by atoms with Gasteiger partial charge in [0.05, 0.1) is 11.6 Å². The van der Waals surface area contributed by atoms with Gasteiger partial charge in [-0.25, -0.2) is 13.8 Å². The summed E-state index contributed by atoms with van der Waals surface area (Å²) in [5, 5.41) is 2.51. The van der Waals surface area contributed by atoms with E-state index in [1.54, 1.807) is 0 Å². The molecule has 1 N–H and O–H groups in total. The van der Waals surface area contributed by atoms with Crippen LogP contribution in [-0.4, -0.2) is 10.9 Å². The Hall–Kier alpha value is -1.53. The van der Waals surface area contributed by atoms with E-state index in [1.807, 2.05) is 0 Å². The van der Waals surface area contributed by atoms with E-state index in [1.165, 1.54) is 25.3 Å². The van der Waals surface area contributed by atoms with Gasteiger partial charge in [-0.05, 0) is 41.1 Å². The largest absolute Gasteiger partial charge is 0.345 e. The molecule has 0 aliphatic rings. The number of hydrogen-bond donors (Lipinski definition) is 1. The zero-order valence-corrected chi connectivity index (χ0v) is 13.2. The molecule has 1 heterocycles. The van der Waals surface area contributed by atoms with Crippen LogP contribution in [0.1, 0.15) is 28.9 Å². The van der Waals surface area contributed by atoms with Crippen molar-refractivity contribution in [2.75, 3.05) is 0 Å². The second-order valence-corrected chi connectivity index (χ2v) is 5.60. The summed E-state index contributed by atoms with van der Waals surface area (Å²) in [6.07, 6.45) is 1.44. The van der Waals surface area contributed by atoms with Crippen LogP contribution in [0.25, 0.3) is 0 Å². The summed E-state index contributed by atoms with van der Waals surface area (Å²) in [6, 6.07) is 4.16. The summed E-state index contributed by atoms with van der Waals surface area (Å²) in [5.41, 5.74) is -0.0837. The molecule has 0 saturated heterocycles. The molecule has 1 amide bonds. The molecule has 3 nitrogen and oxygen atoms in total. The minimum absolute atomic E-state index is 0.0110. The van der Waals surface area contributed by atoms with Crippen LogP contribution in [0, 0.1) is 11.6 Å². The number of amides is 1. The van der Waals surface area contributed by atoms with Crippen molar-refractivity contribution in [3.63, 3.8) is 0 Å². The third-order valence-electron chi connectivity index (χ3n) is 2.83. The first kappa shape index (κ1) is 15.9. The highest BCUT2D eigenvalue weighted by Crippen LogP contribution is 2.22. The molecule has 2 rings (SSSR count). The Morgan fingerprint density at radius 3 is 2.62 bits per heavy atom. The van der Waals surface area contributed by atoms with Crippen molar-refractivity contribution in [2.45, 2.75) is 13.0 Å². The fraction of sp³-hybridized carbons (Fsp3) is 0.143. The minimum atomic E-state index is -0.853. The molecular formula is C14H10BrClF2N2O. The third-order valence-corrected chi connectivity index (χ3v) is 3.57. The Labute approximate surface area is 133 Å². The van der Waals surface area contributed by atoms with Gasteiger partial charge < -0.3 is 5.32 Å². The predicted octanol–water partition coefficient (Wildman–Crippen LogP) is 4.27. The van der Waals surface area contributed by atoms with E-state index in [0.29, 0.717) is 4.47 Å². The van der Waals surface area contributed by atoms with Gasteiger partial charge in [0.15, 0.2) is 0 Å². The zero-order valence-electron chi connectivity index (χ0n) is 10.8. The predicted molar refractivity (Wildman–Crippen MR) is 79.2 cm³/mol. The van der Waals surface area contributed by atoms with Gasteiger partial charge >= 0.3 is 0 Å². The van der Waals surface area contributed by atoms with E-state index in [-0.39, 0.29) is 16.3 Å². The molecule has 21 heavy (non-hydrogen) atoms. The Bertz CT molecular complexity index is 676. The van der Waals surface area contributed by atoms with Crippen molar-refractivity contribution >= 4 is 33.4 Å². The standard InChI is InChI=1S/C14H10BrClF2N2O/c1-7(12-10(17)3-2-4-11(12)18)20-14(21)9-5-8(15)6-19-13(9)16/h2-7H,1H3,(H,20,21). The van der Waals surface area contributed by atoms with Crippen molar-refractivity contribution in [1.82, 2.24) is 10.3 Å². The fourth-order valence-corrected chi connectivity index (χ4v) is 2.37. The van der Waals surface area contributed by atoms with Crippen LogP contribution in [-0.2, 0) is 0 Å². The maximum atomic E-state index is 13.7. The average Bonchev–Trinajstić information content (AvgIpc) is 2.41. The number of pyridine rings is 1. The Morgan fingerprint density at radius 1 is 1.38 bits per heavy atom. The maximum Gasteiger partial charge on any atom is 0.254 e. The number of nitrogens with one attached hydrogen (secondary N) is 1. The van der Waals surface area contributed by atoms with E-state index in [4.69, 9.17) is 11.6 Å². The number of hydrogen-bond acceptors (Lipinski definition) is 2. The molecule has 0 radical (unpaired) electrons. The lowest BCUT2D eigenvalue weighted by Gasteiger charge is -2.16. The summed E-state index contributed by atoms with van der Waals surface area (Å²) >= 11 is 9.02. The molecule has 7 heteroatoms. The molecule has 2 aromatic rings. The number of halogens is 4. The first-order valence-corrected chi connectivity index (χ1v) is 7.13. The first-order chi connectivity index (χ1) is 9.90. The van der Waals surface area contributed by atoms with Crippen LogP contribution in [0.4, 0.5) is 8.78 Å². The molecule has 1 unspecified atom stereocenters. The fourth-order valence-electron chi connectivity index (χ4n) is 1.85. The molecule has 0 aliphatic heterocycles. The summed E-state index contributed by atoms with van der Waals surface area (Å²) in [7, 11) is 0. The van der Waals surface area contributed by atoms with E-state index < -0.39 is 23.6 Å². The zero-order chi connectivity index (χ0) is 15.6. The highest BCUT2D eigenvalue weighted by molar-refractivity contribution is 9.10. The highest BCUT2D eigenvalue weighted by Gasteiger charge is 2.20. The van der Waals surface area contributed by atoms with Crippen LogP contribution in [0.5, 0.6) is 0 Å². The lowest BCUT2D eigenvalue weighted by Crippen LogP contribution is -2.28. The van der Waals surface area contributed by atoms with Gasteiger partial charge in [-0.2, -0.15) is 0 Å². The molecule has 1 aromatic carbocycles. The number of aromatic nitrogens is 1. The molecule has 0 aliphatic carbocycles.